The molecule has 0 bridgehead atoms. The third-order valence-corrected chi connectivity index (χ3v) is 3.86. The van der Waals surface area contributed by atoms with Gasteiger partial charge in [-0.2, -0.15) is 0 Å². The molecule has 2 rings (SSSR count). The number of aromatic nitrogens is 2. The minimum atomic E-state index is -0.0342. The quantitative estimate of drug-likeness (QED) is 0.735. The maximum atomic E-state index is 11.5. The van der Waals surface area contributed by atoms with Gasteiger partial charge in [-0.05, 0) is 13.2 Å². The zero-order chi connectivity index (χ0) is 9.42. The van der Waals surface area contributed by atoms with E-state index in [0.717, 1.165) is 15.1 Å². The molecule has 0 spiro atoms. The molecule has 0 saturated carbocycles. The van der Waals surface area contributed by atoms with Gasteiger partial charge in [-0.15, -0.1) is 23.1 Å². The molecule has 0 saturated heterocycles. The summed E-state index contributed by atoms with van der Waals surface area (Å²) >= 11 is 3.15. The molecule has 2 aromatic rings. The van der Waals surface area contributed by atoms with Crippen LogP contribution in [0.15, 0.2) is 14.4 Å². The summed E-state index contributed by atoms with van der Waals surface area (Å²) in [5, 5.41) is 2.65. The van der Waals surface area contributed by atoms with Gasteiger partial charge in [0.1, 0.15) is 5.82 Å². The first-order valence-electron chi connectivity index (χ1n) is 3.74. The van der Waals surface area contributed by atoms with Crippen molar-refractivity contribution in [3.8, 4) is 0 Å². The number of nitrogens with one attached hydrogen (secondary N) is 1. The molecule has 0 aromatic carbocycles. The van der Waals surface area contributed by atoms with Gasteiger partial charge in [0.25, 0.3) is 5.56 Å². The van der Waals surface area contributed by atoms with E-state index in [-0.39, 0.29) is 5.56 Å². The van der Waals surface area contributed by atoms with Gasteiger partial charge in [0, 0.05) is 5.38 Å². The molecule has 1 N–H and O–H groups in total. The summed E-state index contributed by atoms with van der Waals surface area (Å²) in [5.74, 6) is 0.669. The Morgan fingerprint density at radius 2 is 2.38 bits per heavy atom. The molecule has 0 aliphatic heterocycles. The fourth-order valence-electron chi connectivity index (χ4n) is 1.21. The van der Waals surface area contributed by atoms with Gasteiger partial charge in [0.15, 0.2) is 0 Å². The average Bonchev–Trinajstić information content (AvgIpc) is 2.47. The number of thiophene rings is 1. The second-order valence-corrected chi connectivity index (χ2v) is 4.59. The van der Waals surface area contributed by atoms with Crippen molar-refractivity contribution in [3.63, 3.8) is 0 Å². The molecule has 0 aliphatic rings. The predicted octanol–water partition coefficient (Wildman–Crippen LogP) is 2.01. The summed E-state index contributed by atoms with van der Waals surface area (Å²) in [6, 6.07) is 0. The summed E-state index contributed by atoms with van der Waals surface area (Å²) in [5.41, 5.74) is 0.767. The lowest BCUT2D eigenvalue weighted by molar-refractivity contribution is 1.06. The Hall–Kier alpha value is -0.810. The van der Waals surface area contributed by atoms with Gasteiger partial charge in [-0.3, -0.25) is 4.79 Å². The summed E-state index contributed by atoms with van der Waals surface area (Å²) < 4.78 is 1.03. The molecule has 2 aromatic heterocycles. The van der Waals surface area contributed by atoms with E-state index in [4.69, 9.17) is 0 Å². The van der Waals surface area contributed by atoms with Crippen molar-refractivity contribution in [1.29, 1.82) is 0 Å². The Labute approximate surface area is 83.2 Å². The van der Waals surface area contributed by atoms with Crippen molar-refractivity contribution in [2.45, 2.75) is 11.1 Å². The first kappa shape index (κ1) is 8.77. The molecule has 68 valence electrons. The lowest BCUT2D eigenvalue weighted by Gasteiger charge is -1.93. The zero-order valence-corrected chi connectivity index (χ0v) is 8.88. The van der Waals surface area contributed by atoms with Crippen molar-refractivity contribution in [2.24, 2.45) is 0 Å². The van der Waals surface area contributed by atoms with E-state index >= 15 is 0 Å². The highest BCUT2D eigenvalue weighted by Gasteiger charge is 2.08. The topological polar surface area (TPSA) is 45.8 Å². The molecule has 5 heteroatoms. The maximum Gasteiger partial charge on any atom is 0.260 e. The van der Waals surface area contributed by atoms with Crippen LogP contribution >= 0.6 is 23.1 Å². The van der Waals surface area contributed by atoms with Crippen LogP contribution in [0.3, 0.4) is 0 Å². The third kappa shape index (κ3) is 1.38. The Kier molecular flexibility index (Phi) is 2.13. The van der Waals surface area contributed by atoms with Gasteiger partial charge < -0.3 is 4.98 Å². The number of hydrogen-bond acceptors (Lipinski definition) is 4. The van der Waals surface area contributed by atoms with Gasteiger partial charge in [-0.25, -0.2) is 4.98 Å². The van der Waals surface area contributed by atoms with Gasteiger partial charge >= 0.3 is 0 Å². The van der Waals surface area contributed by atoms with Gasteiger partial charge in [0.2, 0.25) is 0 Å². The van der Waals surface area contributed by atoms with Crippen molar-refractivity contribution < 1.29 is 0 Å². The van der Waals surface area contributed by atoms with E-state index in [2.05, 4.69) is 9.97 Å². The molecule has 0 amide bonds. The van der Waals surface area contributed by atoms with E-state index in [0.29, 0.717) is 5.82 Å². The van der Waals surface area contributed by atoms with E-state index in [1.54, 1.807) is 30.0 Å². The number of thioether (sulfide) groups is 1. The number of nitrogens with zero attached hydrogens (tertiary/aromatic N) is 1. The molecular weight excluding hydrogens is 204 g/mol. The number of aryl methyl sites for hydroxylation is 1. The summed E-state index contributed by atoms with van der Waals surface area (Å²) in [7, 11) is 0. The Bertz CT molecular complexity index is 500. The van der Waals surface area contributed by atoms with Crippen LogP contribution in [0.2, 0.25) is 0 Å². The fraction of sp³-hybridized carbons (Fsp3) is 0.250. The fourth-order valence-corrected chi connectivity index (χ4v) is 2.84. The molecule has 0 aliphatic carbocycles. The summed E-state index contributed by atoms with van der Waals surface area (Å²) in [6.07, 6.45) is 1.96. The highest BCUT2D eigenvalue weighted by molar-refractivity contribution is 8.00. The van der Waals surface area contributed by atoms with Crippen molar-refractivity contribution in [1.82, 2.24) is 9.97 Å². The average molecular weight is 212 g/mol. The highest BCUT2D eigenvalue weighted by Crippen LogP contribution is 2.29. The van der Waals surface area contributed by atoms with Crippen LogP contribution in [0.5, 0.6) is 0 Å². The molecule has 2 heterocycles. The van der Waals surface area contributed by atoms with E-state index < -0.39 is 0 Å². The minimum absolute atomic E-state index is 0.0342. The van der Waals surface area contributed by atoms with Crippen molar-refractivity contribution in [2.75, 3.05) is 6.26 Å². The molecule has 0 unspecified atom stereocenters. The van der Waals surface area contributed by atoms with Crippen LogP contribution in [-0.2, 0) is 0 Å². The number of aromatic amines is 1. The molecule has 0 atom stereocenters. The normalized spacial score (nSPS) is 10.9. The van der Waals surface area contributed by atoms with Crippen LogP contribution in [0.1, 0.15) is 5.82 Å². The standard InChI is InChI=1S/C8H8N2OS2/c1-4-9-5-3-13-8(12-2)6(5)7(11)10-4/h3H,1-2H3,(H,9,10,11). The smallest absolute Gasteiger partial charge is 0.260 e. The Morgan fingerprint density at radius 3 is 3.08 bits per heavy atom. The number of hydrogen-bond donors (Lipinski definition) is 1. The maximum absolute atomic E-state index is 11.5. The Balaban J connectivity index is 2.90. The van der Waals surface area contributed by atoms with E-state index in [1.807, 2.05) is 11.6 Å². The first-order chi connectivity index (χ1) is 6.22. The van der Waals surface area contributed by atoms with E-state index in [1.165, 1.54) is 0 Å². The molecule has 3 nitrogen and oxygen atoms in total. The van der Waals surface area contributed by atoms with Gasteiger partial charge in [0.05, 0.1) is 15.1 Å². The third-order valence-electron chi connectivity index (χ3n) is 1.73. The van der Waals surface area contributed by atoms with Crippen molar-refractivity contribution >= 4 is 34.0 Å². The monoisotopic (exact) mass is 212 g/mol. The lowest BCUT2D eigenvalue weighted by Crippen LogP contribution is -2.08. The number of fused-ring (bicyclic) bond motifs is 1. The van der Waals surface area contributed by atoms with Crippen LogP contribution < -0.4 is 5.56 Å². The molecule has 0 radical (unpaired) electrons. The molecule has 13 heavy (non-hydrogen) atoms. The second kappa shape index (κ2) is 3.16. The van der Waals surface area contributed by atoms with Crippen LogP contribution in [0, 0.1) is 6.92 Å². The largest absolute Gasteiger partial charge is 0.310 e. The van der Waals surface area contributed by atoms with Crippen LogP contribution in [-0.4, -0.2) is 16.2 Å². The predicted molar refractivity (Wildman–Crippen MR) is 56.8 cm³/mol. The number of H-pyrrole nitrogens is 1. The van der Waals surface area contributed by atoms with Crippen LogP contribution in [0.25, 0.3) is 10.9 Å². The minimum Gasteiger partial charge on any atom is -0.310 e. The number of rotatable bonds is 1. The second-order valence-electron chi connectivity index (χ2n) is 2.64. The molecule has 0 fully saturated rings. The Morgan fingerprint density at radius 1 is 1.62 bits per heavy atom. The SMILES string of the molecule is CSc1scc2nc(C)[nH]c(=O)c12. The molecular formula is C8H8N2OS2. The van der Waals surface area contributed by atoms with E-state index in [9.17, 15) is 4.79 Å². The first-order valence-corrected chi connectivity index (χ1v) is 5.85. The van der Waals surface area contributed by atoms with Crippen molar-refractivity contribution in [3.05, 3.63) is 21.6 Å². The summed E-state index contributed by atoms with van der Waals surface area (Å²) in [6.45, 7) is 1.79. The van der Waals surface area contributed by atoms with Crippen LogP contribution in [0.4, 0.5) is 0 Å². The summed E-state index contributed by atoms with van der Waals surface area (Å²) in [4.78, 5) is 18.5. The van der Waals surface area contributed by atoms with Gasteiger partial charge in [-0.1, -0.05) is 0 Å². The highest BCUT2D eigenvalue weighted by atomic mass is 32.2. The zero-order valence-electron chi connectivity index (χ0n) is 7.25. The lowest BCUT2D eigenvalue weighted by atomic mass is 10.4.